The highest BCUT2D eigenvalue weighted by atomic mass is 32.1. The summed E-state index contributed by atoms with van der Waals surface area (Å²) in [5.74, 6) is 0. The lowest BCUT2D eigenvalue weighted by Gasteiger charge is -2.15. The summed E-state index contributed by atoms with van der Waals surface area (Å²) in [6.45, 7) is -0.261. The van der Waals surface area contributed by atoms with Crippen molar-refractivity contribution in [3.63, 3.8) is 0 Å². The molecule has 0 amide bonds. The van der Waals surface area contributed by atoms with E-state index in [0.29, 0.717) is 0 Å². The molecule has 66 valence electrons. The first-order chi connectivity index (χ1) is 5.75. The zero-order valence-corrected chi connectivity index (χ0v) is 7.48. The number of hydrogen-bond acceptors (Lipinski definition) is 3. The van der Waals surface area contributed by atoms with Gasteiger partial charge in [0.25, 0.3) is 0 Å². The highest BCUT2D eigenvalue weighted by molar-refractivity contribution is 7.80. The first-order valence-corrected chi connectivity index (χ1v) is 4.29. The predicted octanol–water partition coefficient (Wildman–Crippen LogP) is 1.01. The smallest absolute Gasteiger partial charge is 0.0927 e. The van der Waals surface area contributed by atoms with Crippen molar-refractivity contribution in [1.29, 1.82) is 0 Å². The van der Waals surface area contributed by atoms with Crippen LogP contribution in [0.2, 0.25) is 0 Å². The van der Waals surface area contributed by atoms with Gasteiger partial charge in [-0.05, 0) is 5.56 Å². The maximum atomic E-state index is 9.25. The fraction of sp³-hybridized carbons (Fsp3) is 0.333. The number of rotatable bonds is 3. The number of aliphatic hydroxyl groups is 2. The minimum absolute atomic E-state index is 0.261. The van der Waals surface area contributed by atoms with Crippen molar-refractivity contribution in [2.75, 3.05) is 6.61 Å². The van der Waals surface area contributed by atoms with Crippen LogP contribution in [0.1, 0.15) is 10.8 Å². The Morgan fingerprint density at radius 3 is 2.33 bits per heavy atom. The summed E-state index contributed by atoms with van der Waals surface area (Å²) in [6.07, 6.45) is -0.796. The molecule has 0 spiro atoms. The topological polar surface area (TPSA) is 40.5 Å². The molecule has 2 nitrogen and oxygen atoms in total. The molecular formula is C9H12O2S. The van der Waals surface area contributed by atoms with Crippen LogP contribution in [0.3, 0.4) is 0 Å². The Hall–Kier alpha value is -0.510. The molecule has 0 saturated heterocycles. The van der Waals surface area contributed by atoms with Crippen LogP contribution >= 0.6 is 12.6 Å². The second kappa shape index (κ2) is 4.50. The minimum Gasteiger partial charge on any atom is -0.394 e. The molecule has 0 fully saturated rings. The molecule has 1 aromatic carbocycles. The normalized spacial score (nSPS) is 15.6. The van der Waals surface area contributed by atoms with Crippen LogP contribution in [-0.2, 0) is 0 Å². The largest absolute Gasteiger partial charge is 0.394 e. The lowest BCUT2D eigenvalue weighted by molar-refractivity contribution is 0.0936. The van der Waals surface area contributed by atoms with Gasteiger partial charge < -0.3 is 10.2 Å². The van der Waals surface area contributed by atoms with Crippen molar-refractivity contribution < 1.29 is 10.2 Å². The highest BCUT2D eigenvalue weighted by Gasteiger charge is 2.14. The molecule has 0 aromatic heterocycles. The number of benzene rings is 1. The molecule has 0 radical (unpaired) electrons. The third-order valence-corrected chi connectivity index (χ3v) is 2.33. The van der Waals surface area contributed by atoms with Gasteiger partial charge in [-0.15, -0.1) is 0 Å². The Kier molecular flexibility index (Phi) is 3.59. The molecule has 1 aromatic rings. The van der Waals surface area contributed by atoms with Gasteiger partial charge >= 0.3 is 0 Å². The van der Waals surface area contributed by atoms with Crippen LogP contribution in [0.25, 0.3) is 0 Å². The number of thiol groups is 1. The first-order valence-electron chi connectivity index (χ1n) is 3.77. The van der Waals surface area contributed by atoms with E-state index in [9.17, 15) is 5.11 Å². The maximum absolute atomic E-state index is 9.25. The fourth-order valence-corrected chi connectivity index (χ4v) is 1.24. The number of hydrogen-bond donors (Lipinski definition) is 3. The molecule has 0 saturated carbocycles. The predicted molar refractivity (Wildman–Crippen MR) is 51.3 cm³/mol. The van der Waals surface area contributed by atoms with Crippen LogP contribution in [-0.4, -0.2) is 22.9 Å². The van der Waals surface area contributed by atoms with E-state index in [1.54, 1.807) is 0 Å². The zero-order valence-electron chi connectivity index (χ0n) is 6.59. The van der Waals surface area contributed by atoms with Gasteiger partial charge in [-0.3, -0.25) is 0 Å². The van der Waals surface area contributed by atoms with E-state index in [1.165, 1.54) is 0 Å². The second-order valence-electron chi connectivity index (χ2n) is 2.61. The molecule has 3 heteroatoms. The second-order valence-corrected chi connectivity index (χ2v) is 3.16. The Morgan fingerprint density at radius 2 is 1.83 bits per heavy atom. The fourth-order valence-electron chi connectivity index (χ4n) is 0.972. The van der Waals surface area contributed by atoms with E-state index in [-0.39, 0.29) is 11.9 Å². The Labute approximate surface area is 77.3 Å². The molecule has 1 rings (SSSR count). The van der Waals surface area contributed by atoms with Crippen LogP contribution in [0.5, 0.6) is 0 Å². The standard InChI is InChI=1S/C9H12O2S/c10-6-8(11)9(12)7-4-2-1-3-5-7/h1-5,8-12H,6H2. The Bertz CT molecular complexity index is 225. The van der Waals surface area contributed by atoms with E-state index in [0.717, 1.165) is 5.56 Å². The van der Waals surface area contributed by atoms with Crippen LogP contribution in [0.4, 0.5) is 0 Å². The van der Waals surface area contributed by atoms with Crippen LogP contribution < -0.4 is 0 Å². The molecule has 2 N–H and O–H groups in total. The van der Waals surface area contributed by atoms with E-state index in [4.69, 9.17) is 5.11 Å². The molecule has 12 heavy (non-hydrogen) atoms. The molecule has 0 bridgehead atoms. The highest BCUT2D eigenvalue weighted by Crippen LogP contribution is 2.22. The summed E-state index contributed by atoms with van der Waals surface area (Å²) >= 11 is 4.18. The van der Waals surface area contributed by atoms with Gasteiger partial charge in [0, 0.05) is 0 Å². The van der Waals surface area contributed by atoms with E-state index in [2.05, 4.69) is 12.6 Å². The minimum atomic E-state index is -0.796. The summed E-state index contributed by atoms with van der Waals surface area (Å²) in [7, 11) is 0. The van der Waals surface area contributed by atoms with Gasteiger partial charge in [0.05, 0.1) is 18.0 Å². The van der Waals surface area contributed by atoms with Crippen molar-refractivity contribution in [2.45, 2.75) is 11.4 Å². The van der Waals surface area contributed by atoms with Gasteiger partial charge in [-0.2, -0.15) is 12.6 Å². The van der Waals surface area contributed by atoms with Crippen molar-refractivity contribution in [1.82, 2.24) is 0 Å². The molecule has 0 aliphatic carbocycles. The zero-order chi connectivity index (χ0) is 8.97. The lowest BCUT2D eigenvalue weighted by Crippen LogP contribution is -2.18. The van der Waals surface area contributed by atoms with Gasteiger partial charge in [0.1, 0.15) is 0 Å². The van der Waals surface area contributed by atoms with E-state index < -0.39 is 6.10 Å². The van der Waals surface area contributed by atoms with Crippen molar-refractivity contribution in [3.8, 4) is 0 Å². The van der Waals surface area contributed by atoms with Gasteiger partial charge in [-0.1, -0.05) is 30.3 Å². The lowest BCUT2D eigenvalue weighted by atomic mass is 10.1. The van der Waals surface area contributed by atoms with Crippen molar-refractivity contribution in [2.24, 2.45) is 0 Å². The van der Waals surface area contributed by atoms with Crippen LogP contribution in [0.15, 0.2) is 30.3 Å². The summed E-state index contributed by atoms with van der Waals surface area (Å²) in [6, 6.07) is 9.40. The quantitative estimate of drug-likeness (QED) is 0.614. The maximum Gasteiger partial charge on any atom is 0.0927 e. The number of aliphatic hydroxyl groups excluding tert-OH is 2. The molecule has 2 unspecified atom stereocenters. The van der Waals surface area contributed by atoms with Gasteiger partial charge in [0.2, 0.25) is 0 Å². The average Bonchev–Trinajstić information content (AvgIpc) is 2.17. The summed E-state index contributed by atoms with van der Waals surface area (Å²) in [5, 5.41) is 17.6. The molecular weight excluding hydrogens is 172 g/mol. The first kappa shape index (κ1) is 9.58. The molecule has 0 aliphatic heterocycles. The summed E-state index contributed by atoms with van der Waals surface area (Å²) < 4.78 is 0. The van der Waals surface area contributed by atoms with Gasteiger partial charge in [-0.25, -0.2) is 0 Å². The molecule has 0 heterocycles. The van der Waals surface area contributed by atoms with Crippen molar-refractivity contribution >= 4 is 12.6 Å². The summed E-state index contributed by atoms with van der Waals surface area (Å²) in [5.41, 5.74) is 0.919. The molecule has 2 atom stereocenters. The monoisotopic (exact) mass is 184 g/mol. The Morgan fingerprint density at radius 1 is 1.25 bits per heavy atom. The molecule has 0 aliphatic rings. The third-order valence-electron chi connectivity index (χ3n) is 1.69. The van der Waals surface area contributed by atoms with Crippen molar-refractivity contribution in [3.05, 3.63) is 35.9 Å². The Balaban J connectivity index is 2.71. The van der Waals surface area contributed by atoms with E-state index in [1.807, 2.05) is 30.3 Å². The average molecular weight is 184 g/mol. The summed E-state index contributed by atoms with van der Waals surface area (Å²) in [4.78, 5) is 0. The van der Waals surface area contributed by atoms with Crippen LogP contribution in [0, 0.1) is 0 Å². The van der Waals surface area contributed by atoms with Gasteiger partial charge in [0.15, 0.2) is 0 Å². The third kappa shape index (κ3) is 2.24. The van der Waals surface area contributed by atoms with E-state index >= 15 is 0 Å². The SMILES string of the molecule is OCC(O)C(S)c1ccccc1.